The molecule has 0 aliphatic heterocycles. The SMILES string of the molecule is C[C@@H]1C[C@@H]2C[C@H](C)CC(c3ccc(-c4ccc(-c5nc(-c6ccccc6)nc(-c6ccccc6)n5)c5ccc(C#N)cc45)cc3)(C1)C2. The molecule has 2 fully saturated rings. The Morgan fingerprint density at radius 2 is 1.15 bits per heavy atom. The Morgan fingerprint density at radius 3 is 1.74 bits per heavy atom. The van der Waals surface area contributed by atoms with Crippen molar-refractivity contribution in [2.24, 2.45) is 17.8 Å². The Morgan fingerprint density at radius 1 is 0.574 bits per heavy atom. The first-order valence-electron chi connectivity index (χ1n) is 16.9. The van der Waals surface area contributed by atoms with Crippen LogP contribution in [-0.2, 0) is 5.41 Å². The lowest BCUT2D eigenvalue weighted by Gasteiger charge is -2.50. The standard InChI is InChI=1S/C43H38N4/c1-28-21-31-22-29(2)25-43(24-28,26-31)35-16-14-32(15-17-35)36-19-20-38(37-18-13-30(27-44)23-39(36)37)42-46-40(33-9-5-3-6-10-33)45-41(47-42)34-11-7-4-8-12-34/h3-20,23,28-29,31H,21-22,24-26H2,1-2H3/t28-,29+,31-,43?. The third-order valence-corrected chi connectivity index (χ3v) is 10.5. The first-order valence-corrected chi connectivity index (χ1v) is 16.9. The zero-order valence-corrected chi connectivity index (χ0v) is 27.0. The molecule has 0 radical (unpaired) electrons. The van der Waals surface area contributed by atoms with Crippen molar-refractivity contribution in [2.75, 3.05) is 0 Å². The number of nitrogens with zero attached hydrogens (tertiary/aromatic N) is 4. The third kappa shape index (κ3) is 5.51. The van der Waals surface area contributed by atoms with E-state index in [1.807, 2.05) is 78.9 Å². The van der Waals surface area contributed by atoms with Gasteiger partial charge in [0.25, 0.3) is 0 Å². The molecule has 5 aromatic carbocycles. The van der Waals surface area contributed by atoms with Gasteiger partial charge in [-0.15, -0.1) is 0 Å². The van der Waals surface area contributed by atoms with Crippen LogP contribution >= 0.6 is 0 Å². The molecular formula is C43H38N4. The molecule has 2 bridgehead atoms. The maximum Gasteiger partial charge on any atom is 0.164 e. The highest BCUT2D eigenvalue weighted by molar-refractivity contribution is 6.04. The topological polar surface area (TPSA) is 62.5 Å². The highest BCUT2D eigenvalue weighted by Crippen LogP contribution is 2.54. The molecule has 4 atom stereocenters. The minimum absolute atomic E-state index is 0.296. The van der Waals surface area contributed by atoms with E-state index in [-0.39, 0.29) is 0 Å². The lowest BCUT2D eigenvalue weighted by atomic mass is 9.54. The third-order valence-electron chi connectivity index (χ3n) is 10.5. The predicted molar refractivity (Wildman–Crippen MR) is 190 cm³/mol. The van der Waals surface area contributed by atoms with Gasteiger partial charge in [0.15, 0.2) is 17.5 Å². The summed E-state index contributed by atoms with van der Waals surface area (Å²) in [5.74, 6) is 4.28. The molecule has 8 rings (SSSR count). The summed E-state index contributed by atoms with van der Waals surface area (Å²) >= 11 is 0. The van der Waals surface area contributed by atoms with Crippen LogP contribution < -0.4 is 0 Å². The molecule has 230 valence electrons. The van der Waals surface area contributed by atoms with Crippen molar-refractivity contribution in [2.45, 2.75) is 51.4 Å². The van der Waals surface area contributed by atoms with Gasteiger partial charge in [-0.25, -0.2) is 15.0 Å². The second kappa shape index (κ2) is 11.9. The molecule has 6 aromatic rings. The van der Waals surface area contributed by atoms with Crippen molar-refractivity contribution in [1.29, 1.82) is 5.26 Å². The van der Waals surface area contributed by atoms with Crippen LogP contribution in [-0.4, -0.2) is 15.0 Å². The number of hydrogen-bond acceptors (Lipinski definition) is 4. The Balaban J connectivity index is 1.25. The fourth-order valence-corrected chi connectivity index (χ4v) is 8.85. The van der Waals surface area contributed by atoms with Crippen LogP contribution in [0.25, 0.3) is 56.1 Å². The Bertz CT molecular complexity index is 2040. The van der Waals surface area contributed by atoms with Crippen molar-refractivity contribution >= 4 is 10.8 Å². The van der Waals surface area contributed by atoms with E-state index < -0.39 is 0 Å². The number of aromatic nitrogens is 3. The van der Waals surface area contributed by atoms with Crippen LogP contribution in [0.1, 0.15) is 57.1 Å². The van der Waals surface area contributed by atoms with Gasteiger partial charge in [-0.3, -0.25) is 0 Å². The van der Waals surface area contributed by atoms with E-state index >= 15 is 0 Å². The summed E-state index contributed by atoms with van der Waals surface area (Å²) in [5.41, 5.74) is 7.48. The monoisotopic (exact) mass is 610 g/mol. The molecule has 1 unspecified atom stereocenters. The van der Waals surface area contributed by atoms with E-state index in [2.05, 4.69) is 56.3 Å². The molecular weight excluding hydrogens is 573 g/mol. The zero-order valence-electron chi connectivity index (χ0n) is 27.0. The number of hydrogen-bond donors (Lipinski definition) is 0. The summed E-state index contributed by atoms with van der Waals surface area (Å²) in [6.45, 7) is 4.90. The molecule has 2 aliphatic carbocycles. The number of benzene rings is 5. The normalized spacial score (nSPS) is 22.1. The van der Waals surface area contributed by atoms with Gasteiger partial charge in [-0.1, -0.05) is 111 Å². The molecule has 1 heterocycles. The van der Waals surface area contributed by atoms with E-state index in [4.69, 9.17) is 15.0 Å². The van der Waals surface area contributed by atoms with Crippen molar-refractivity contribution < 1.29 is 0 Å². The number of fused-ring (bicyclic) bond motifs is 3. The largest absolute Gasteiger partial charge is 0.208 e. The molecule has 0 saturated heterocycles. The smallest absolute Gasteiger partial charge is 0.164 e. The molecule has 2 aliphatic rings. The van der Waals surface area contributed by atoms with Crippen LogP contribution in [0.3, 0.4) is 0 Å². The second-order valence-corrected chi connectivity index (χ2v) is 14.1. The molecule has 4 nitrogen and oxygen atoms in total. The minimum Gasteiger partial charge on any atom is -0.208 e. The van der Waals surface area contributed by atoms with Crippen LogP contribution in [0.2, 0.25) is 0 Å². The number of nitriles is 1. The fourth-order valence-electron chi connectivity index (χ4n) is 8.85. The second-order valence-electron chi connectivity index (χ2n) is 14.1. The lowest BCUT2D eigenvalue weighted by Crippen LogP contribution is -2.42. The van der Waals surface area contributed by atoms with Crippen molar-refractivity contribution in [3.05, 3.63) is 126 Å². The van der Waals surface area contributed by atoms with Crippen LogP contribution in [0.15, 0.2) is 115 Å². The van der Waals surface area contributed by atoms with Crippen LogP contribution in [0.5, 0.6) is 0 Å². The van der Waals surface area contributed by atoms with E-state index in [9.17, 15) is 5.26 Å². The maximum absolute atomic E-state index is 9.89. The average molecular weight is 611 g/mol. The Hall–Kier alpha value is -5.14. The molecule has 4 heteroatoms. The average Bonchev–Trinajstić information content (AvgIpc) is 3.11. The molecule has 0 spiro atoms. The minimum atomic E-state index is 0.296. The van der Waals surface area contributed by atoms with E-state index in [1.54, 1.807) is 0 Å². The Kier molecular flexibility index (Phi) is 7.41. The van der Waals surface area contributed by atoms with Gasteiger partial charge in [0.2, 0.25) is 0 Å². The summed E-state index contributed by atoms with van der Waals surface area (Å²) in [5, 5.41) is 11.9. The van der Waals surface area contributed by atoms with Crippen LogP contribution in [0.4, 0.5) is 0 Å². The molecule has 1 aromatic heterocycles. The van der Waals surface area contributed by atoms with E-state index in [1.165, 1.54) is 37.7 Å². The zero-order chi connectivity index (χ0) is 32.0. The van der Waals surface area contributed by atoms with Gasteiger partial charge in [0.1, 0.15) is 0 Å². The van der Waals surface area contributed by atoms with Gasteiger partial charge in [-0.05, 0) is 101 Å². The highest BCUT2D eigenvalue weighted by atomic mass is 15.0. The number of rotatable bonds is 5. The van der Waals surface area contributed by atoms with Gasteiger partial charge in [0.05, 0.1) is 11.6 Å². The molecule has 0 N–H and O–H groups in total. The summed E-state index contributed by atoms with van der Waals surface area (Å²) in [6.07, 6.45) is 6.66. The lowest BCUT2D eigenvalue weighted by molar-refractivity contribution is 0.0780. The van der Waals surface area contributed by atoms with Crippen molar-refractivity contribution in [3.63, 3.8) is 0 Å². The van der Waals surface area contributed by atoms with Gasteiger partial charge < -0.3 is 0 Å². The molecule has 0 amide bonds. The molecule has 47 heavy (non-hydrogen) atoms. The first-order chi connectivity index (χ1) is 23.0. The summed E-state index contributed by atoms with van der Waals surface area (Å²) in [4.78, 5) is 14.9. The van der Waals surface area contributed by atoms with Crippen LogP contribution in [0, 0.1) is 29.1 Å². The molecule has 2 saturated carbocycles. The maximum atomic E-state index is 9.89. The van der Waals surface area contributed by atoms with Gasteiger partial charge in [0, 0.05) is 16.7 Å². The predicted octanol–water partition coefficient (Wildman–Crippen LogP) is 10.7. The van der Waals surface area contributed by atoms with Crippen molar-refractivity contribution in [1.82, 2.24) is 15.0 Å². The van der Waals surface area contributed by atoms with E-state index in [0.29, 0.717) is 28.5 Å². The fraction of sp³-hybridized carbons (Fsp3) is 0.256. The van der Waals surface area contributed by atoms with E-state index in [0.717, 1.165) is 56.3 Å². The highest BCUT2D eigenvalue weighted by Gasteiger charge is 2.45. The van der Waals surface area contributed by atoms with Crippen molar-refractivity contribution in [3.8, 4) is 51.4 Å². The summed E-state index contributed by atoms with van der Waals surface area (Å²) in [7, 11) is 0. The summed E-state index contributed by atoms with van der Waals surface area (Å²) in [6, 6.07) is 42.1. The Labute approximate surface area is 277 Å². The van der Waals surface area contributed by atoms with Gasteiger partial charge >= 0.3 is 0 Å². The first kappa shape index (κ1) is 29.3. The summed E-state index contributed by atoms with van der Waals surface area (Å²) < 4.78 is 0. The quantitative estimate of drug-likeness (QED) is 0.195. The van der Waals surface area contributed by atoms with Gasteiger partial charge in [-0.2, -0.15) is 5.26 Å².